The monoisotopic (exact) mass is 803 g/mol. The van der Waals surface area contributed by atoms with Crippen molar-refractivity contribution < 1.29 is 50.3 Å². The zero-order valence-corrected chi connectivity index (χ0v) is 35.4. The van der Waals surface area contributed by atoms with Crippen LogP contribution >= 0.6 is 0 Å². The van der Waals surface area contributed by atoms with Crippen LogP contribution in [-0.4, -0.2) is 106 Å². The fourth-order valence-corrected chi connectivity index (χ4v) is 18.1. The third-order valence-electron chi connectivity index (χ3n) is 9.99. The number of hydrogen-bond donors (Lipinski definition) is 2. The number of ketones is 1. The van der Waals surface area contributed by atoms with E-state index >= 15 is 0 Å². The minimum absolute atomic E-state index is 0.0256. The van der Waals surface area contributed by atoms with Gasteiger partial charge in [0.1, 0.15) is 25.1 Å². The highest BCUT2D eigenvalue weighted by Gasteiger charge is 2.62. The Balaban J connectivity index is 1.65. The maximum atomic E-state index is 13.1. The number of carbonyl (C=O) groups is 2. The second-order valence-corrected chi connectivity index (χ2v) is 24.5. The number of nitrogens with zero attached hydrogens (tertiary/aromatic N) is 3. The summed E-state index contributed by atoms with van der Waals surface area (Å²) in [5.41, 5.74) is -0.0532. The molecule has 4 heterocycles. The van der Waals surface area contributed by atoms with E-state index in [4.69, 9.17) is 31.9 Å². The van der Waals surface area contributed by atoms with Crippen molar-refractivity contribution in [3.05, 3.63) is 16.7 Å². The molecule has 0 spiro atoms. The van der Waals surface area contributed by atoms with E-state index in [0.717, 1.165) is 0 Å². The van der Waals surface area contributed by atoms with Gasteiger partial charge in [0, 0.05) is 25.9 Å². The van der Waals surface area contributed by atoms with Crippen LogP contribution in [0.1, 0.15) is 95.2 Å². The molecule has 2 aromatic heterocycles. The predicted molar refractivity (Wildman–Crippen MR) is 201 cm³/mol. The molecule has 1 amide bonds. The molecule has 0 radical (unpaired) electrons. The van der Waals surface area contributed by atoms with Crippen LogP contribution in [0.4, 0.5) is 14.7 Å². The van der Waals surface area contributed by atoms with Crippen molar-refractivity contribution in [3.8, 4) is 0 Å². The number of nitrogens with one attached hydrogen (secondary N) is 2. The molecule has 0 bridgehead atoms. The Morgan fingerprint density at radius 1 is 1.00 bits per heavy atom. The summed E-state index contributed by atoms with van der Waals surface area (Å²) in [6.07, 6.45) is -1.71. The lowest BCUT2D eigenvalue weighted by Gasteiger charge is -2.51. The third-order valence-corrected chi connectivity index (χ3v) is 20.2. The summed E-state index contributed by atoms with van der Waals surface area (Å²) >= 11 is 0. The number of aromatic amines is 1. The highest BCUT2D eigenvalue weighted by atomic mass is 28.5. The number of alkyl halides is 2. The molecule has 306 valence electrons. The van der Waals surface area contributed by atoms with Crippen LogP contribution in [0.15, 0.2) is 11.1 Å². The summed E-state index contributed by atoms with van der Waals surface area (Å²) < 4.78 is 74.0. The van der Waals surface area contributed by atoms with Crippen molar-refractivity contribution in [3.63, 3.8) is 0 Å². The maximum Gasteiger partial charge on any atom is 0.335 e. The second-order valence-electron chi connectivity index (χ2n) is 15.7. The van der Waals surface area contributed by atoms with Crippen LogP contribution in [0.25, 0.3) is 11.2 Å². The molecule has 2 N–H and O–H groups in total. The molecule has 2 aliphatic rings. The van der Waals surface area contributed by atoms with E-state index in [1.807, 2.05) is 0 Å². The SMILES string of the molecule is CC(C)C(=O)Nc1nc2c(ncn2[C@@H]2O[C@@H]3CO[Si](C(C)C)(C(C)C)O[Si](C(C)C)(C(C)C)OC3[C@@H]2OCOCCOCCCC(=O)C(C)(F)F)c(=O)[nH]1. The van der Waals surface area contributed by atoms with Crippen molar-refractivity contribution in [2.24, 2.45) is 5.92 Å². The van der Waals surface area contributed by atoms with Gasteiger partial charge in [0.15, 0.2) is 17.4 Å². The van der Waals surface area contributed by atoms with E-state index in [2.05, 4.69) is 75.7 Å². The van der Waals surface area contributed by atoms with Crippen LogP contribution < -0.4 is 10.9 Å². The molecule has 2 fully saturated rings. The second kappa shape index (κ2) is 18.2. The maximum absolute atomic E-state index is 13.1. The molecule has 15 nitrogen and oxygen atoms in total. The van der Waals surface area contributed by atoms with Gasteiger partial charge in [0.25, 0.3) is 5.56 Å². The highest BCUT2D eigenvalue weighted by molar-refractivity contribution is 6.84. The fraction of sp³-hybridized carbons (Fsp3) is 0.800. The van der Waals surface area contributed by atoms with Gasteiger partial charge in [0.05, 0.1) is 26.1 Å². The van der Waals surface area contributed by atoms with Crippen molar-refractivity contribution in [1.82, 2.24) is 19.5 Å². The molecule has 4 rings (SSSR count). The van der Waals surface area contributed by atoms with Crippen LogP contribution in [0.3, 0.4) is 0 Å². The molecular weight excluding hydrogens is 745 g/mol. The number of ether oxygens (including phenoxy) is 4. The van der Waals surface area contributed by atoms with E-state index in [1.165, 1.54) is 6.33 Å². The zero-order chi connectivity index (χ0) is 40.2. The van der Waals surface area contributed by atoms with Crippen molar-refractivity contribution in [2.45, 2.75) is 142 Å². The summed E-state index contributed by atoms with van der Waals surface area (Å²) in [5.74, 6) is -5.20. The van der Waals surface area contributed by atoms with E-state index in [0.29, 0.717) is 6.92 Å². The molecule has 2 saturated heterocycles. The van der Waals surface area contributed by atoms with Crippen LogP contribution in [0.5, 0.6) is 0 Å². The number of H-pyrrole nitrogens is 1. The number of aromatic nitrogens is 4. The number of hydrogen-bond acceptors (Lipinski definition) is 12. The molecule has 54 heavy (non-hydrogen) atoms. The lowest BCUT2D eigenvalue weighted by Crippen LogP contribution is -2.66. The molecule has 4 atom stereocenters. The first-order chi connectivity index (χ1) is 25.2. The van der Waals surface area contributed by atoms with Gasteiger partial charge >= 0.3 is 23.0 Å². The van der Waals surface area contributed by atoms with Crippen LogP contribution in [-0.2, 0) is 41.5 Å². The van der Waals surface area contributed by atoms with Crippen molar-refractivity contribution in [1.29, 1.82) is 0 Å². The minimum atomic E-state index is -3.36. The van der Waals surface area contributed by atoms with E-state index in [-0.39, 0.29) is 97.2 Å². The molecule has 2 aliphatic heterocycles. The van der Waals surface area contributed by atoms with Crippen LogP contribution in [0, 0.1) is 5.92 Å². The number of anilines is 1. The van der Waals surface area contributed by atoms with Gasteiger partial charge in [-0.1, -0.05) is 69.2 Å². The van der Waals surface area contributed by atoms with Gasteiger partial charge in [0.2, 0.25) is 17.6 Å². The molecular formula is C35H59F2N5O10Si2. The first kappa shape index (κ1) is 44.2. The molecule has 1 unspecified atom stereocenters. The number of fused-ring (bicyclic) bond motifs is 2. The first-order valence-electron chi connectivity index (χ1n) is 18.9. The number of carbonyl (C=O) groups excluding carboxylic acids is 2. The molecule has 0 saturated carbocycles. The molecule has 2 aromatic rings. The van der Waals surface area contributed by atoms with E-state index in [9.17, 15) is 23.2 Å². The van der Waals surface area contributed by atoms with Gasteiger partial charge in [-0.2, -0.15) is 13.8 Å². The number of halogens is 2. The normalized spacial score (nSPS) is 23.1. The number of imidazole rings is 1. The van der Waals surface area contributed by atoms with Crippen molar-refractivity contribution in [2.75, 3.05) is 38.5 Å². The van der Waals surface area contributed by atoms with Gasteiger partial charge < -0.3 is 31.9 Å². The van der Waals surface area contributed by atoms with E-state index < -0.39 is 58.9 Å². The summed E-state index contributed by atoms with van der Waals surface area (Å²) in [6.45, 7) is 21.4. The first-order valence-corrected chi connectivity index (χ1v) is 22.8. The smallest absolute Gasteiger partial charge is 0.335 e. The quantitative estimate of drug-likeness (QED) is 0.103. The fourth-order valence-electron chi connectivity index (χ4n) is 6.92. The molecule has 0 aliphatic carbocycles. The molecule has 19 heteroatoms. The third kappa shape index (κ3) is 9.71. The largest absolute Gasteiger partial charge is 0.414 e. The summed E-state index contributed by atoms with van der Waals surface area (Å²) in [4.78, 5) is 48.6. The van der Waals surface area contributed by atoms with Gasteiger partial charge in [-0.15, -0.1) is 0 Å². The average Bonchev–Trinajstić information content (AvgIpc) is 3.63. The zero-order valence-electron chi connectivity index (χ0n) is 33.4. The number of amides is 1. The Morgan fingerprint density at radius 2 is 1.63 bits per heavy atom. The Hall–Kier alpha value is -2.50. The van der Waals surface area contributed by atoms with Crippen molar-refractivity contribution >= 4 is 45.9 Å². The average molecular weight is 804 g/mol. The number of rotatable bonds is 18. The Morgan fingerprint density at radius 3 is 2.22 bits per heavy atom. The van der Waals surface area contributed by atoms with Gasteiger partial charge in [-0.3, -0.25) is 29.3 Å². The Kier molecular flexibility index (Phi) is 14.9. The minimum Gasteiger partial charge on any atom is -0.414 e. The predicted octanol–water partition coefficient (Wildman–Crippen LogP) is 5.95. The number of Topliss-reactive ketones (excluding diaryl/α,β-unsaturated/α-hetero) is 1. The Labute approximate surface area is 318 Å². The lowest BCUT2D eigenvalue weighted by molar-refractivity contribution is -0.143. The molecule has 0 aromatic carbocycles. The Bertz CT molecular complexity index is 1620. The van der Waals surface area contributed by atoms with Gasteiger partial charge in [-0.25, -0.2) is 4.98 Å². The summed E-state index contributed by atoms with van der Waals surface area (Å²) in [7, 11) is -6.01. The summed E-state index contributed by atoms with van der Waals surface area (Å²) in [6, 6.07) is 0. The standard InChI is InChI=1S/C35H59F2N5O10Si2/c1-20(2)31(44)40-34-39-30-27(32(45)41-34)38-18-42(30)33-29(48-19-47-16-15-46-14-12-13-26(43)35(11,36)37)28-25(50-33)17-49-53(21(3)4,22(5)6)52-54(51-28,23(7)8)24(9)10/h18,20-25,28-29,33H,12-17,19H2,1-11H3,(H2,39,40,41,44,45)/t25-,28?,29+,33-/m1/s1. The summed E-state index contributed by atoms with van der Waals surface area (Å²) in [5, 5.41) is 2.65. The highest BCUT2D eigenvalue weighted by Crippen LogP contribution is 2.49. The lowest BCUT2D eigenvalue weighted by atomic mass is 10.1. The van der Waals surface area contributed by atoms with E-state index in [1.54, 1.807) is 18.4 Å². The van der Waals surface area contributed by atoms with Crippen LogP contribution in [0.2, 0.25) is 22.2 Å². The van der Waals surface area contributed by atoms with Gasteiger partial charge in [-0.05, 0) is 28.6 Å². The topological polar surface area (TPSA) is 174 Å².